The third kappa shape index (κ3) is 8.48. The molecule has 0 radical (unpaired) electrons. The summed E-state index contributed by atoms with van der Waals surface area (Å²) in [7, 11) is 2.68. The maximum absolute atomic E-state index is 7.00. The van der Waals surface area contributed by atoms with Crippen molar-refractivity contribution in [2.45, 2.75) is 20.5 Å². The highest BCUT2D eigenvalue weighted by Crippen LogP contribution is 2.15. The molecule has 0 saturated heterocycles. The summed E-state index contributed by atoms with van der Waals surface area (Å²) in [6, 6.07) is 5.81. The van der Waals surface area contributed by atoms with Gasteiger partial charge >= 0.3 is 0 Å². The molecule has 0 aliphatic rings. The van der Waals surface area contributed by atoms with E-state index in [4.69, 9.17) is 21.4 Å². The number of rotatable bonds is 2. The maximum Gasteiger partial charge on any atom is 0.0716 e. The SMILES string of the molecule is C=CC.CO.COCc1cc(Cl)ccc1C. The van der Waals surface area contributed by atoms with Crippen LogP contribution < -0.4 is 0 Å². The van der Waals surface area contributed by atoms with Crippen LogP contribution in [0, 0.1) is 6.92 Å². The molecule has 0 fully saturated rings. The molecule has 0 atom stereocenters. The van der Waals surface area contributed by atoms with Crippen LogP contribution in [0.15, 0.2) is 30.9 Å². The smallest absolute Gasteiger partial charge is 0.0716 e. The number of aliphatic hydroxyl groups excluding tert-OH is 1. The topological polar surface area (TPSA) is 29.5 Å². The molecule has 0 spiro atoms. The molecule has 0 heterocycles. The second-order valence-electron chi connectivity index (χ2n) is 2.91. The molecule has 1 N–H and O–H groups in total. The number of benzene rings is 1. The quantitative estimate of drug-likeness (QED) is 0.806. The Morgan fingerprint density at radius 3 is 2.38 bits per heavy atom. The second-order valence-corrected chi connectivity index (χ2v) is 3.35. The van der Waals surface area contributed by atoms with Crippen molar-refractivity contribution >= 4 is 11.6 Å². The van der Waals surface area contributed by atoms with Crippen LogP contribution in [0.1, 0.15) is 18.1 Å². The van der Waals surface area contributed by atoms with Crippen molar-refractivity contribution in [2.24, 2.45) is 0 Å². The van der Waals surface area contributed by atoms with E-state index in [1.165, 1.54) is 5.56 Å². The fourth-order valence-corrected chi connectivity index (χ4v) is 1.15. The molecule has 0 saturated carbocycles. The van der Waals surface area contributed by atoms with Crippen LogP contribution in [-0.2, 0) is 11.3 Å². The predicted octanol–water partition coefficient (Wildman–Crippen LogP) is 3.60. The van der Waals surface area contributed by atoms with Crippen LogP contribution in [0.4, 0.5) is 0 Å². The minimum Gasteiger partial charge on any atom is -0.400 e. The van der Waals surface area contributed by atoms with Crippen LogP contribution in [0.2, 0.25) is 5.02 Å². The standard InChI is InChI=1S/C9H11ClO.C3H6.CH4O/c1-7-3-4-9(10)5-8(7)6-11-2;1-3-2;1-2/h3-5H,6H2,1-2H3;3H,1H2,2H3;2H,1H3. The zero-order valence-corrected chi connectivity index (χ0v) is 11.2. The van der Waals surface area contributed by atoms with Gasteiger partial charge in [-0.1, -0.05) is 23.7 Å². The van der Waals surface area contributed by atoms with Crippen molar-refractivity contribution in [1.82, 2.24) is 0 Å². The molecular weight excluding hydrogens is 224 g/mol. The van der Waals surface area contributed by atoms with Gasteiger partial charge in [0.25, 0.3) is 0 Å². The fourth-order valence-electron chi connectivity index (χ4n) is 0.951. The van der Waals surface area contributed by atoms with Gasteiger partial charge in [0.1, 0.15) is 0 Å². The fraction of sp³-hybridized carbons (Fsp3) is 0.385. The summed E-state index contributed by atoms with van der Waals surface area (Å²) in [6.45, 7) is 7.93. The molecule has 0 aliphatic heterocycles. The van der Waals surface area contributed by atoms with E-state index >= 15 is 0 Å². The molecule has 1 rings (SSSR count). The van der Waals surface area contributed by atoms with Crippen LogP contribution in [0.3, 0.4) is 0 Å². The highest BCUT2D eigenvalue weighted by atomic mass is 35.5. The Balaban J connectivity index is 0. The Kier molecular flexibility index (Phi) is 13.4. The Labute approximate surface area is 104 Å². The lowest BCUT2D eigenvalue weighted by Gasteiger charge is -2.03. The van der Waals surface area contributed by atoms with E-state index in [0.717, 1.165) is 17.7 Å². The zero-order valence-electron chi connectivity index (χ0n) is 10.5. The van der Waals surface area contributed by atoms with Gasteiger partial charge in [0, 0.05) is 19.2 Å². The second kappa shape index (κ2) is 12.2. The number of hydrogen-bond donors (Lipinski definition) is 1. The van der Waals surface area contributed by atoms with Crippen LogP contribution in [0.5, 0.6) is 0 Å². The first-order chi connectivity index (χ1) is 7.65. The predicted molar refractivity (Wildman–Crippen MR) is 70.9 cm³/mol. The first-order valence-electron chi connectivity index (χ1n) is 4.91. The molecule has 1 aromatic rings. The van der Waals surface area contributed by atoms with Gasteiger partial charge in [-0.3, -0.25) is 0 Å². The van der Waals surface area contributed by atoms with E-state index < -0.39 is 0 Å². The third-order valence-electron chi connectivity index (χ3n) is 1.61. The van der Waals surface area contributed by atoms with Crippen molar-refractivity contribution in [3.05, 3.63) is 47.0 Å². The highest BCUT2D eigenvalue weighted by Gasteiger charge is 1.97. The van der Waals surface area contributed by atoms with Gasteiger partial charge in [0.2, 0.25) is 0 Å². The molecule has 0 aromatic heterocycles. The normalized spacial score (nSPS) is 8.12. The Bertz CT molecular complexity index is 285. The largest absolute Gasteiger partial charge is 0.400 e. The van der Waals surface area contributed by atoms with Crippen molar-refractivity contribution in [3.63, 3.8) is 0 Å². The molecule has 92 valence electrons. The van der Waals surface area contributed by atoms with Crippen molar-refractivity contribution < 1.29 is 9.84 Å². The summed E-state index contributed by atoms with van der Waals surface area (Å²) in [5.41, 5.74) is 2.37. The molecule has 2 nitrogen and oxygen atoms in total. The average molecular weight is 245 g/mol. The average Bonchev–Trinajstić information content (AvgIpc) is 2.28. The van der Waals surface area contributed by atoms with Crippen LogP contribution in [0.25, 0.3) is 0 Å². The molecule has 1 aromatic carbocycles. The highest BCUT2D eigenvalue weighted by molar-refractivity contribution is 6.30. The number of halogens is 1. The Morgan fingerprint density at radius 1 is 1.44 bits per heavy atom. The van der Waals surface area contributed by atoms with Gasteiger partial charge in [-0.05, 0) is 37.1 Å². The number of hydrogen-bond acceptors (Lipinski definition) is 2. The Hall–Kier alpha value is -0.830. The van der Waals surface area contributed by atoms with Crippen molar-refractivity contribution in [1.29, 1.82) is 0 Å². The Morgan fingerprint density at radius 2 is 1.94 bits per heavy atom. The van der Waals surface area contributed by atoms with Crippen molar-refractivity contribution in [2.75, 3.05) is 14.2 Å². The number of ether oxygens (including phenoxy) is 1. The van der Waals surface area contributed by atoms with Gasteiger partial charge in [0.05, 0.1) is 6.61 Å². The first-order valence-corrected chi connectivity index (χ1v) is 5.29. The monoisotopic (exact) mass is 244 g/mol. The molecule has 0 unspecified atom stereocenters. The molecule has 0 amide bonds. The summed E-state index contributed by atoms with van der Waals surface area (Å²) >= 11 is 5.80. The summed E-state index contributed by atoms with van der Waals surface area (Å²) in [6.07, 6.45) is 1.75. The molecule has 16 heavy (non-hydrogen) atoms. The minimum absolute atomic E-state index is 0.631. The van der Waals surface area contributed by atoms with Gasteiger partial charge in [-0.25, -0.2) is 0 Å². The van der Waals surface area contributed by atoms with Gasteiger partial charge in [-0.2, -0.15) is 0 Å². The van der Waals surface area contributed by atoms with Gasteiger partial charge < -0.3 is 9.84 Å². The minimum atomic E-state index is 0.631. The van der Waals surface area contributed by atoms with Crippen LogP contribution in [-0.4, -0.2) is 19.3 Å². The maximum atomic E-state index is 7.00. The number of allylic oxidation sites excluding steroid dienone is 1. The number of aryl methyl sites for hydroxylation is 1. The van der Waals surface area contributed by atoms with E-state index in [-0.39, 0.29) is 0 Å². The van der Waals surface area contributed by atoms with Gasteiger partial charge in [0.15, 0.2) is 0 Å². The van der Waals surface area contributed by atoms with Crippen molar-refractivity contribution in [3.8, 4) is 0 Å². The molecule has 0 aliphatic carbocycles. The summed E-state index contributed by atoms with van der Waals surface area (Å²) in [5, 5.41) is 7.77. The van der Waals surface area contributed by atoms with E-state index in [1.54, 1.807) is 13.2 Å². The first kappa shape index (κ1) is 17.6. The lowest BCUT2D eigenvalue weighted by atomic mass is 10.1. The third-order valence-corrected chi connectivity index (χ3v) is 1.85. The zero-order chi connectivity index (χ0) is 13.0. The van der Waals surface area contributed by atoms with Crippen LogP contribution >= 0.6 is 11.6 Å². The summed E-state index contributed by atoms with van der Waals surface area (Å²) < 4.78 is 5.01. The summed E-state index contributed by atoms with van der Waals surface area (Å²) in [4.78, 5) is 0. The van der Waals surface area contributed by atoms with Gasteiger partial charge in [-0.15, -0.1) is 6.58 Å². The molecule has 3 heteroatoms. The lowest BCUT2D eigenvalue weighted by Crippen LogP contribution is -1.90. The van der Waals surface area contributed by atoms with E-state index in [0.29, 0.717) is 6.61 Å². The number of methoxy groups -OCH3 is 1. The summed E-state index contributed by atoms with van der Waals surface area (Å²) in [5.74, 6) is 0. The van der Waals surface area contributed by atoms with E-state index in [9.17, 15) is 0 Å². The van der Waals surface area contributed by atoms with E-state index in [1.807, 2.05) is 32.0 Å². The molecular formula is C13H21ClO2. The number of aliphatic hydroxyl groups is 1. The molecule has 0 bridgehead atoms. The lowest BCUT2D eigenvalue weighted by molar-refractivity contribution is 0.184. The van der Waals surface area contributed by atoms with E-state index in [2.05, 4.69) is 6.58 Å².